The monoisotopic (exact) mass is 963 g/mol. The molecule has 12 nitrogen and oxygen atoms in total. The van der Waals surface area contributed by atoms with Gasteiger partial charge in [0.05, 0.1) is 13.2 Å². The highest BCUT2D eigenvalue weighted by atomic mass is 31.2. The van der Waals surface area contributed by atoms with Gasteiger partial charge in [0.15, 0.2) is 0 Å². The van der Waals surface area contributed by atoms with E-state index in [0.29, 0.717) is 13.0 Å². The van der Waals surface area contributed by atoms with Crippen molar-refractivity contribution in [3.63, 3.8) is 0 Å². The fraction of sp³-hybridized carbons (Fsp3) is 0.943. The second-order valence-corrected chi connectivity index (χ2v) is 20.8. The Labute approximate surface area is 403 Å². The number of carbonyl (C=O) groups is 1. The molecule has 0 bridgehead atoms. The number of hydrogen-bond acceptors (Lipinski definition) is 11. The first-order chi connectivity index (χ1) is 32.0. The van der Waals surface area contributed by atoms with Crippen molar-refractivity contribution >= 4 is 13.8 Å². The van der Waals surface area contributed by atoms with Gasteiger partial charge in [-0.15, -0.1) is 0 Å². The SMILES string of the molecule is CCCCCCCCC/C=C\CCCCCCCCCC(=O)OC(COCCCCCCCCCCCCCCCCCCCCCCC)COP(=O)(O)OC1C(O)C(O)C(O)C(O)C1O. The summed E-state index contributed by atoms with van der Waals surface area (Å²) in [5, 5.41) is 50.4. The van der Waals surface area contributed by atoms with E-state index in [1.54, 1.807) is 0 Å². The molecule has 13 heteroatoms. The van der Waals surface area contributed by atoms with Gasteiger partial charge in [0, 0.05) is 13.0 Å². The number of aliphatic hydroxyl groups is 5. The van der Waals surface area contributed by atoms with Gasteiger partial charge in [-0.05, 0) is 38.5 Å². The van der Waals surface area contributed by atoms with Gasteiger partial charge in [-0.2, -0.15) is 0 Å². The van der Waals surface area contributed by atoms with Crippen molar-refractivity contribution < 1.29 is 58.3 Å². The summed E-state index contributed by atoms with van der Waals surface area (Å²) in [6, 6.07) is 0. The summed E-state index contributed by atoms with van der Waals surface area (Å²) in [6.07, 6.45) is 38.5. The number of ether oxygens (including phenoxy) is 2. The van der Waals surface area contributed by atoms with Gasteiger partial charge in [-0.1, -0.05) is 225 Å². The van der Waals surface area contributed by atoms with E-state index in [1.807, 2.05) is 0 Å². The lowest BCUT2D eigenvalue weighted by atomic mass is 9.85. The van der Waals surface area contributed by atoms with E-state index in [4.69, 9.17) is 18.5 Å². The Morgan fingerprint density at radius 1 is 0.470 bits per heavy atom. The van der Waals surface area contributed by atoms with Crippen LogP contribution in [0.5, 0.6) is 0 Å². The molecule has 1 aliphatic rings. The smallest absolute Gasteiger partial charge is 0.457 e. The summed E-state index contributed by atoms with van der Waals surface area (Å²) in [6.45, 7) is 4.31. The first kappa shape index (κ1) is 63.1. The third kappa shape index (κ3) is 35.2. The molecule has 1 rings (SSSR count). The first-order valence-electron chi connectivity index (χ1n) is 27.5. The molecule has 0 saturated heterocycles. The van der Waals surface area contributed by atoms with Crippen LogP contribution in [0.1, 0.15) is 258 Å². The average molecular weight is 963 g/mol. The Hall–Kier alpha value is -0.920. The number of carbonyl (C=O) groups excluding carboxylic acids is 1. The van der Waals surface area contributed by atoms with Gasteiger partial charge in [-0.3, -0.25) is 13.8 Å². The van der Waals surface area contributed by atoms with E-state index < -0.39 is 63.1 Å². The molecule has 0 aliphatic heterocycles. The third-order valence-electron chi connectivity index (χ3n) is 13.1. The standard InChI is InChI=1S/C53H103O12P/c1-3-5-7-9-11-13-15-17-19-21-23-24-25-27-29-31-33-35-37-39-41-43-62-44-46(45-63-66(60,61)65-53-51(58)49(56)48(55)50(57)52(53)59)64-47(54)42-40-38-36-34-32-30-28-26-22-20-18-16-14-12-10-8-6-4-2/h20,22,46,48-53,55-59H,3-19,21,23-45H2,1-2H3,(H,60,61)/b22-20-. The Bertz CT molecular complexity index is 1140. The summed E-state index contributed by atoms with van der Waals surface area (Å²) in [4.78, 5) is 23.3. The average Bonchev–Trinajstić information content (AvgIpc) is 3.30. The topological polar surface area (TPSA) is 192 Å². The van der Waals surface area contributed by atoms with Crippen molar-refractivity contribution in [2.45, 2.75) is 301 Å². The molecule has 0 aromatic rings. The van der Waals surface area contributed by atoms with Crippen LogP contribution in [0, 0.1) is 0 Å². The highest BCUT2D eigenvalue weighted by molar-refractivity contribution is 7.47. The molecule has 6 N–H and O–H groups in total. The number of hydrogen-bond donors (Lipinski definition) is 6. The van der Waals surface area contributed by atoms with E-state index in [0.717, 1.165) is 44.9 Å². The van der Waals surface area contributed by atoms with Gasteiger partial charge in [0.1, 0.15) is 42.7 Å². The molecule has 1 saturated carbocycles. The Morgan fingerprint density at radius 3 is 1.20 bits per heavy atom. The maximum atomic E-state index is 12.9. The number of esters is 1. The summed E-state index contributed by atoms with van der Waals surface area (Å²) >= 11 is 0. The van der Waals surface area contributed by atoms with Gasteiger partial charge >= 0.3 is 13.8 Å². The molecule has 0 aromatic heterocycles. The van der Waals surface area contributed by atoms with Crippen molar-refractivity contribution in [1.29, 1.82) is 0 Å². The Kier molecular flexibility index (Phi) is 42.1. The highest BCUT2D eigenvalue weighted by Gasteiger charge is 2.51. The van der Waals surface area contributed by atoms with Crippen LogP contribution in [0.3, 0.4) is 0 Å². The molecular weight excluding hydrogens is 860 g/mol. The predicted octanol–water partition coefficient (Wildman–Crippen LogP) is 12.7. The molecule has 0 aromatic carbocycles. The van der Waals surface area contributed by atoms with Crippen LogP contribution < -0.4 is 0 Å². The lowest BCUT2D eigenvalue weighted by Crippen LogP contribution is -2.64. The Balaban J connectivity index is 2.29. The molecule has 392 valence electrons. The number of unbranched alkanes of at least 4 members (excludes halogenated alkanes) is 34. The van der Waals surface area contributed by atoms with Crippen LogP contribution in [0.25, 0.3) is 0 Å². The maximum Gasteiger partial charge on any atom is 0.472 e. The fourth-order valence-corrected chi connectivity index (χ4v) is 9.74. The Morgan fingerprint density at radius 2 is 0.803 bits per heavy atom. The van der Waals surface area contributed by atoms with Crippen molar-refractivity contribution in [1.82, 2.24) is 0 Å². The van der Waals surface area contributed by atoms with Crippen LogP contribution >= 0.6 is 7.82 Å². The molecule has 6 unspecified atom stereocenters. The minimum atomic E-state index is -5.02. The van der Waals surface area contributed by atoms with Crippen LogP contribution in [-0.2, 0) is 27.9 Å². The first-order valence-corrected chi connectivity index (χ1v) is 29.0. The predicted molar refractivity (Wildman–Crippen MR) is 267 cm³/mol. The van der Waals surface area contributed by atoms with Gasteiger partial charge in [-0.25, -0.2) is 4.57 Å². The molecule has 0 radical (unpaired) electrons. The minimum absolute atomic E-state index is 0.0719. The van der Waals surface area contributed by atoms with Crippen LogP contribution in [0.15, 0.2) is 12.2 Å². The largest absolute Gasteiger partial charge is 0.472 e. The number of phosphoric ester groups is 1. The van der Waals surface area contributed by atoms with E-state index in [-0.39, 0.29) is 13.0 Å². The normalized spacial score (nSPS) is 21.4. The number of phosphoric acid groups is 1. The van der Waals surface area contributed by atoms with E-state index in [2.05, 4.69) is 26.0 Å². The van der Waals surface area contributed by atoms with E-state index in [1.165, 1.54) is 186 Å². The quantitative estimate of drug-likeness (QED) is 0.0147. The molecular formula is C53H103O12P. The highest BCUT2D eigenvalue weighted by Crippen LogP contribution is 2.47. The zero-order chi connectivity index (χ0) is 48.4. The van der Waals surface area contributed by atoms with Crippen LogP contribution in [0.2, 0.25) is 0 Å². The van der Waals surface area contributed by atoms with Crippen LogP contribution in [-0.4, -0.2) is 98.9 Å². The molecule has 0 spiro atoms. The molecule has 0 heterocycles. The molecule has 6 atom stereocenters. The summed E-state index contributed by atoms with van der Waals surface area (Å²) in [5.41, 5.74) is 0. The van der Waals surface area contributed by atoms with E-state index >= 15 is 0 Å². The molecule has 1 aliphatic carbocycles. The third-order valence-corrected chi connectivity index (χ3v) is 14.1. The van der Waals surface area contributed by atoms with Crippen molar-refractivity contribution in [3.05, 3.63) is 12.2 Å². The number of rotatable bonds is 48. The molecule has 1 fully saturated rings. The minimum Gasteiger partial charge on any atom is -0.457 e. The van der Waals surface area contributed by atoms with Gasteiger partial charge in [0.25, 0.3) is 0 Å². The lowest BCUT2D eigenvalue weighted by molar-refractivity contribution is -0.220. The number of aliphatic hydroxyl groups excluding tert-OH is 5. The van der Waals surface area contributed by atoms with Crippen molar-refractivity contribution in [3.8, 4) is 0 Å². The van der Waals surface area contributed by atoms with Crippen LogP contribution in [0.4, 0.5) is 0 Å². The number of allylic oxidation sites excluding steroid dienone is 2. The second kappa shape index (κ2) is 44.1. The summed E-state index contributed by atoms with van der Waals surface area (Å²) in [5.74, 6) is -0.475. The molecule has 66 heavy (non-hydrogen) atoms. The van der Waals surface area contributed by atoms with E-state index in [9.17, 15) is 39.8 Å². The lowest BCUT2D eigenvalue weighted by Gasteiger charge is -2.41. The summed E-state index contributed by atoms with van der Waals surface area (Å²) < 4.78 is 34.4. The zero-order valence-electron chi connectivity index (χ0n) is 42.3. The fourth-order valence-electron chi connectivity index (χ4n) is 8.77. The van der Waals surface area contributed by atoms with Crippen molar-refractivity contribution in [2.24, 2.45) is 0 Å². The van der Waals surface area contributed by atoms with Gasteiger partial charge < -0.3 is 39.9 Å². The zero-order valence-corrected chi connectivity index (χ0v) is 43.2. The van der Waals surface area contributed by atoms with Crippen molar-refractivity contribution in [2.75, 3.05) is 19.8 Å². The van der Waals surface area contributed by atoms with Gasteiger partial charge in [0.2, 0.25) is 0 Å². The second-order valence-electron chi connectivity index (χ2n) is 19.4. The molecule has 0 amide bonds. The summed E-state index contributed by atoms with van der Waals surface area (Å²) in [7, 11) is -5.02. The maximum absolute atomic E-state index is 12.9.